The smallest absolute Gasteiger partial charge is 0.102 e. The van der Waals surface area contributed by atoms with Crippen LogP contribution in [0.1, 0.15) is 22.5 Å². The molecule has 0 unspecified atom stereocenters. The molecular weight excluding hydrogens is 308 g/mol. The zero-order chi connectivity index (χ0) is 17.0. The van der Waals surface area contributed by atoms with E-state index in [0.717, 1.165) is 5.56 Å². The molecule has 0 N–H and O–H groups in total. The summed E-state index contributed by atoms with van der Waals surface area (Å²) in [6.07, 6.45) is 3.59. The number of halogens is 1. The fourth-order valence-corrected chi connectivity index (χ4v) is 2.35. The summed E-state index contributed by atoms with van der Waals surface area (Å²) >= 11 is 5.93. The van der Waals surface area contributed by atoms with Crippen molar-refractivity contribution in [3.63, 3.8) is 0 Å². The Kier molecular flexibility index (Phi) is 5.01. The number of pyridine rings is 1. The molecule has 0 bridgehead atoms. The lowest BCUT2D eigenvalue weighted by molar-refractivity contribution is 0.567. The molecule has 0 atom stereocenters. The second kappa shape index (κ2) is 6.96. The van der Waals surface area contributed by atoms with Crippen LogP contribution in [0.4, 0.5) is 0 Å². The minimum atomic E-state index is 0.382. The average Bonchev–Trinajstić information content (AvgIpc) is 2.53. The summed E-state index contributed by atoms with van der Waals surface area (Å²) in [4.78, 5) is 6.27. The van der Waals surface area contributed by atoms with E-state index in [1.807, 2.05) is 25.2 Å². The quantitative estimate of drug-likeness (QED) is 0.857. The molecule has 1 aromatic heterocycles. The molecular formula is C18H15ClN4. The van der Waals surface area contributed by atoms with Crippen molar-refractivity contribution >= 4 is 17.7 Å². The van der Waals surface area contributed by atoms with Gasteiger partial charge in [-0.05, 0) is 30.7 Å². The van der Waals surface area contributed by atoms with Crippen LogP contribution < -0.4 is 0 Å². The number of aryl methyl sites for hydroxylation is 1. The summed E-state index contributed by atoms with van der Waals surface area (Å²) in [5.41, 5.74) is 3.29. The Hall–Kier alpha value is -2.82. The zero-order valence-electron chi connectivity index (χ0n) is 13.1. The highest BCUT2D eigenvalue weighted by molar-refractivity contribution is 6.30. The van der Waals surface area contributed by atoms with Gasteiger partial charge in [0, 0.05) is 30.9 Å². The SMILES string of the molecule is Cc1nc(C=CN(C)C)c(C#N)c(-c2ccc(Cl)cc2)c1C#N. The molecule has 0 radical (unpaired) electrons. The van der Waals surface area contributed by atoms with Gasteiger partial charge < -0.3 is 4.90 Å². The van der Waals surface area contributed by atoms with Crippen LogP contribution in [-0.2, 0) is 0 Å². The van der Waals surface area contributed by atoms with Gasteiger partial charge in [0.15, 0.2) is 0 Å². The Balaban J connectivity index is 2.80. The predicted octanol–water partition coefficient (Wildman–Crippen LogP) is 3.99. The highest BCUT2D eigenvalue weighted by Gasteiger charge is 2.18. The van der Waals surface area contributed by atoms with Crippen molar-refractivity contribution in [1.29, 1.82) is 10.5 Å². The van der Waals surface area contributed by atoms with Crippen molar-refractivity contribution in [2.24, 2.45) is 0 Å². The van der Waals surface area contributed by atoms with Crippen LogP contribution in [0.15, 0.2) is 30.5 Å². The van der Waals surface area contributed by atoms with Crippen molar-refractivity contribution in [1.82, 2.24) is 9.88 Å². The Morgan fingerprint density at radius 1 is 1.09 bits per heavy atom. The van der Waals surface area contributed by atoms with E-state index >= 15 is 0 Å². The summed E-state index contributed by atoms with van der Waals surface area (Å²) in [5, 5.41) is 19.7. The Labute approximate surface area is 140 Å². The third kappa shape index (κ3) is 3.51. The minimum absolute atomic E-state index is 0.382. The standard InChI is InChI=1S/C18H15ClN4/c1-12-15(10-20)18(13-4-6-14(19)7-5-13)16(11-21)17(22-12)8-9-23(2)3/h4-9H,1-3H3. The van der Waals surface area contributed by atoms with Crippen LogP contribution in [-0.4, -0.2) is 24.0 Å². The minimum Gasteiger partial charge on any atom is -0.383 e. The van der Waals surface area contributed by atoms with Gasteiger partial charge in [-0.25, -0.2) is 0 Å². The van der Waals surface area contributed by atoms with Crippen molar-refractivity contribution in [2.45, 2.75) is 6.92 Å². The molecule has 0 amide bonds. The summed E-state index contributed by atoms with van der Waals surface area (Å²) < 4.78 is 0. The van der Waals surface area contributed by atoms with E-state index < -0.39 is 0 Å². The molecule has 23 heavy (non-hydrogen) atoms. The molecule has 2 rings (SSSR count). The largest absolute Gasteiger partial charge is 0.383 e. The fourth-order valence-electron chi connectivity index (χ4n) is 2.22. The van der Waals surface area contributed by atoms with E-state index in [2.05, 4.69) is 17.1 Å². The second-order valence-electron chi connectivity index (χ2n) is 5.22. The molecule has 2 aromatic rings. The van der Waals surface area contributed by atoms with E-state index in [-0.39, 0.29) is 0 Å². The number of benzene rings is 1. The molecule has 0 fully saturated rings. The van der Waals surface area contributed by atoms with Crippen LogP contribution in [0.5, 0.6) is 0 Å². The van der Waals surface area contributed by atoms with Gasteiger partial charge in [-0.3, -0.25) is 4.98 Å². The molecule has 0 aliphatic rings. The normalized spacial score (nSPS) is 10.3. The van der Waals surface area contributed by atoms with Gasteiger partial charge in [-0.2, -0.15) is 10.5 Å². The van der Waals surface area contributed by atoms with Gasteiger partial charge in [0.2, 0.25) is 0 Å². The molecule has 5 heteroatoms. The maximum absolute atomic E-state index is 9.62. The number of nitrogens with zero attached hydrogens (tertiary/aromatic N) is 4. The van der Waals surface area contributed by atoms with E-state index in [0.29, 0.717) is 33.1 Å². The van der Waals surface area contributed by atoms with Crippen LogP contribution >= 0.6 is 11.6 Å². The molecule has 114 valence electrons. The molecule has 1 aromatic carbocycles. The van der Waals surface area contributed by atoms with E-state index in [9.17, 15) is 10.5 Å². The topological polar surface area (TPSA) is 63.7 Å². The van der Waals surface area contributed by atoms with Crippen LogP contribution in [0.3, 0.4) is 0 Å². The summed E-state index contributed by atoms with van der Waals surface area (Å²) in [6.45, 7) is 1.77. The van der Waals surface area contributed by atoms with Crippen molar-refractivity contribution in [3.05, 3.63) is 58.0 Å². The number of hydrogen-bond donors (Lipinski definition) is 0. The number of nitriles is 2. The van der Waals surface area contributed by atoms with Crippen molar-refractivity contribution in [3.8, 4) is 23.3 Å². The zero-order valence-corrected chi connectivity index (χ0v) is 13.9. The van der Waals surface area contributed by atoms with Gasteiger partial charge in [0.1, 0.15) is 12.1 Å². The first-order valence-corrected chi connectivity index (χ1v) is 7.31. The highest BCUT2D eigenvalue weighted by atomic mass is 35.5. The monoisotopic (exact) mass is 322 g/mol. The Morgan fingerprint density at radius 3 is 2.22 bits per heavy atom. The van der Waals surface area contributed by atoms with Gasteiger partial charge >= 0.3 is 0 Å². The van der Waals surface area contributed by atoms with Crippen LogP contribution in [0.2, 0.25) is 5.02 Å². The third-order valence-electron chi connectivity index (χ3n) is 3.29. The lowest BCUT2D eigenvalue weighted by Crippen LogP contribution is -2.03. The number of aromatic nitrogens is 1. The summed E-state index contributed by atoms with van der Waals surface area (Å²) in [5.74, 6) is 0. The fraction of sp³-hybridized carbons (Fsp3) is 0.167. The molecule has 0 aliphatic carbocycles. The van der Waals surface area contributed by atoms with Gasteiger partial charge in [-0.15, -0.1) is 0 Å². The van der Waals surface area contributed by atoms with Crippen molar-refractivity contribution in [2.75, 3.05) is 14.1 Å². The summed E-state index contributed by atoms with van der Waals surface area (Å²) in [7, 11) is 3.78. The number of rotatable bonds is 3. The molecule has 1 heterocycles. The van der Waals surface area contributed by atoms with Crippen LogP contribution in [0, 0.1) is 29.6 Å². The molecule has 0 saturated carbocycles. The lowest BCUT2D eigenvalue weighted by Gasteiger charge is -2.12. The third-order valence-corrected chi connectivity index (χ3v) is 3.55. The Morgan fingerprint density at radius 2 is 1.70 bits per heavy atom. The molecule has 0 aliphatic heterocycles. The molecule has 0 spiro atoms. The first-order chi connectivity index (χ1) is 11.0. The van der Waals surface area contributed by atoms with Crippen LogP contribution in [0.25, 0.3) is 17.2 Å². The first-order valence-electron chi connectivity index (χ1n) is 6.93. The van der Waals surface area contributed by atoms with E-state index in [4.69, 9.17) is 11.6 Å². The summed E-state index contributed by atoms with van der Waals surface area (Å²) in [6, 6.07) is 11.4. The van der Waals surface area contributed by atoms with Gasteiger partial charge in [0.05, 0.1) is 22.5 Å². The van der Waals surface area contributed by atoms with Gasteiger partial charge in [-0.1, -0.05) is 23.7 Å². The number of hydrogen-bond acceptors (Lipinski definition) is 4. The van der Waals surface area contributed by atoms with Crippen molar-refractivity contribution < 1.29 is 0 Å². The Bertz CT molecular complexity index is 837. The average molecular weight is 323 g/mol. The molecule has 0 saturated heterocycles. The van der Waals surface area contributed by atoms with E-state index in [1.54, 1.807) is 37.3 Å². The highest BCUT2D eigenvalue weighted by Crippen LogP contribution is 2.31. The first kappa shape index (κ1) is 16.5. The van der Waals surface area contributed by atoms with E-state index in [1.165, 1.54) is 0 Å². The maximum atomic E-state index is 9.62. The van der Waals surface area contributed by atoms with Gasteiger partial charge in [0.25, 0.3) is 0 Å². The molecule has 4 nitrogen and oxygen atoms in total. The lowest BCUT2D eigenvalue weighted by atomic mass is 9.93. The maximum Gasteiger partial charge on any atom is 0.102 e. The second-order valence-corrected chi connectivity index (χ2v) is 5.65. The predicted molar refractivity (Wildman–Crippen MR) is 91.6 cm³/mol.